The second-order valence-corrected chi connectivity index (χ2v) is 4.80. The molecule has 0 aliphatic heterocycles. The average molecular weight is 281 g/mol. The van der Waals surface area contributed by atoms with Crippen LogP contribution in [0.4, 0.5) is 0 Å². The van der Waals surface area contributed by atoms with E-state index in [1.54, 1.807) is 0 Å². The van der Waals surface area contributed by atoms with Crippen LogP contribution in [-0.4, -0.2) is 31.5 Å². The number of benzene rings is 1. The zero-order valence-corrected chi connectivity index (χ0v) is 12.8. The van der Waals surface area contributed by atoms with Crippen molar-refractivity contribution < 1.29 is 14.6 Å². The van der Waals surface area contributed by atoms with Crippen LogP contribution in [0.2, 0.25) is 0 Å². The molecule has 1 aromatic rings. The molecule has 0 amide bonds. The molecule has 0 radical (unpaired) electrons. The molecular formula is C16H27NO3. The van der Waals surface area contributed by atoms with Crippen LogP contribution in [0.15, 0.2) is 18.2 Å². The Labute approximate surface area is 122 Å². The number of ether oxygens (including phenoxy) is 2. The highest BCUT2D eigenvalue weighted by Crippen LogP contribution is 2.31. The van der Waals surface area contributed by atoms with E-state index in [1.807, 2.05) is 18.2 Å². The molecule has 0 aromatic heterocycles. The maximum absolute atomic E-state index is 8.87. The van der Waals surface area contributed by atoms with Crippen molar-refractivity contribution in [3.8, 4) is 11.5 Å². The Hall–Kier alpha value is -1.26. The fraction of sp³-hybridized carbons (Fsp3) is 0.625. The molecule has 4 heteroatoms. The largest absolute Gasteiger partial charge is 0.490 e. The molecule has 2 N–H and O–H groups in total. The van der Waals surface area contributed by atoms with Crippen molar-refractivity contribution in [2.24, 2.45) is 0 Å². The summed E-state index contributed by atoms with van der Waals surface area (Å²) >= 11 is 0. The number of rotatable bonds is 10. The Kier molecular flexibility index (Phi) is 8.07. The van der Waals surface area contributed by atoms with Crippen LogP contribution < -0.4 is 14.8 Å². The van der Waals surface area contributed by atoms with Gasteiger partial charge in [0, 0.05) is 12.6 Å². The number of hydrogen-bond donors (Lipinski definition) is 2. The molecule has 0 spiro atoms. The topological polar surface area (TPSA) is 50.7 Å². The van der Waals surface area contributed by atoms with Crippen molar-refractivity contribution >= 4 is 0 Å². The van der Waals surface area contributed by atoms with Gasteiger partial charge in [0.05, 0.1) is 19.8 Å². The Morgan fingerprint density at radius 2 is 1.75 bits per heavy atom. The van der Waals surface area contributed by atoms with E-state index >= 15 is 0 Å². The lowest BCUT2D eigenvalue weighted by atomic mass is 10.1. The van der Waals surface area contributed by atoms with Crippen LogP contribution in [0.25, 0.3) is 0 Å². The maximum Gasteiger partial charge on any atom is 0.161 e. The van der Waals surface area contributed by atoms with Crippen molar-refractivity contribution in [3.63, 3.8) is 0 Å². The summed E-state index contributed by atoms with van der Waals surface area (Å²) in [6, 6.07) is 6.20. The molecule has 1 aromatic carbocycles. The Bertz CT molecular complexity index is 382. The van der Waals surface area contributed by atoms with E-state index in [-0.39, 0.29) is 12.6 Å². The van der Waals surface area contributed by atoms with E-state index in [4.69, 9.17) is 14.6 Å². The van der Waals surface area contributed by atoms with Gasteiger partial charge < -0.3 is 19.9 Å². The molecule has 114 valence electrons. The Morgan fingerprint density at radius 3 is 2.35 bits per heavy atom. The zero-order chi connectivity index (χ0) is 14.8. The molecule has 4 nitrogen and oxygen atoms in total. The van der Waals surface area contributed by atoms with Gasteiger partial charge in [-0.2, -0.15) is 0 Å². The third kappa shape index (κ3) is 5.39. The summed E-state index contributed by atoms with van der Waals surface area (Å²) in [6.45, 7) is 8.34. The molecular weight excluding hydrogens is 254 g/mol. The van der Waals surface area contributed by atoms with Gasteiger partial charge in [-0.05, 0) is 37.5 Å². The molecule has 0 bridgehead atoms. The van der Waals surface area contributed by atoms with Gasteiger partial charge in [0.25, 0.3) is 0 Å². The lowest BCUT2D eigenvalue weighted by Crippen LogP contribution is -2.22. The summed E-state index contributed by atoms with van der Waals surface area (Å²) < 4.78 is 11.5. The van der Waals surface area contributed by atoms with E-state index in [2.05, 4.69) is 26.1 Å². The van der Waals surface area contributed by atoms with Crippen LogP contribution in [0.3, 0.4) is 0 Å². The van der Waals surface area contributed by atoms with Gasteiger partial charge >= 0.3 is 0 Å². The minimum absolute atomic E-state index is 0.140. The summed E-state index contributed by atoms with van der Waals surface area (Å²) in [7, 11) is 0. The summed E-state index contributed by atoms with van der Waals surface area (Å²) in [5.74, 6) is 1.61. The van der Waals surface area contributed by atoms with Crippen LogP contribution in [0.1, 0.15) is 45.2 Å². The summed E-state index contributed by atoms with van der Waals surface area (Å²) in [4.78, 5) is 0. The quantitative estimate of drug-likeness (QED) is 0.692. The maximum atomic E-state index is 8.87. The lowest BCUT2D eigenvalue weighted by Gasteiger charge is -2.17. The highest BCUT2D eigenvalue weighted by molar-refractivity contribution is 5.43. The normalized spacial score (nSPS) is 12.2. The predicted octanol–water partition coefficient (Wildman–Crippen LogP) is 2.91. The number of aliphatic hydroxyl groups is 1. The van der Waals surface area contributed by atoms with E-state index in [0.717, 1.165) is 29.9 Å². The molecule has 0 saturated heterocycles. The van der Waals surface area contributed by atoms with Gasteiger partial charge in [0.1, 0.15) is 0 Å². The van der Waals surface area contributed by atoms with Gasteiger partial charge in [-0.15, -0.1) is 0 Å². The fourth-order valence-corrected chi connectivity index (χ4v) is 1.85. The lowest BCUT2D eigenvalue weighted by molar-refractivity contribution is 0.267. The monoisotopic (exact) mass is 281 g/mol. The first kappa shape index (κ1) is 16.8. The highest BCUT2D eigenvalue weighted by atomic mass is 16.5. The van der Waals surface area contributed by atoms with Crippen molar-refractivity contribution in [3.05, 3.63) is 23.8 Å². The number of hydrogen-bond acceptors (Lipinski definition) is 4. The third-order valence-corrected chi connectivity index (χ3v) is 2.95. The first-order valence-electron chi connectivity index (χ1n) is 7.46. The number of nitrogens with one attached hydrogen (secondary N) is 1. The van der Waals surface area contributed by atoms with Gasteiger partial charge in [-0.1, -0.05) is 19.9 Å². The SMILES string of the molecule is CCCOc1ccc(C(C)NCCO)cc1OCCC. The van der Waals surface area contributed by atoms with Crippen LogP contribution in [-0.2, 0) is 0 Å². The van der Waals surface area contributed by atoms with Crippen molar-refractivity contribution in [1.82, 2.24) is 5.32 Å². The van der Waals surface area contributed by atoms with Crippen molar-refractivity contribution in [2.75, 3.05) is 26.4 Å². The van der Waals surface area contributed by atoms with Crippen LogP contribution in [0, 0.1) is 0 Å². The minimum Gasteiger partial charge on any atom is -0.490 e. The molecule has 20 heavy (non-hydrogen) atoms. The molecule has 0 aliphatic carbocycles. The Balaban J connectivity index is 2.82. The van der Waals surface area contributed by atoms with Gasteiger partial charge in [0.15, 0.2) is 11.5 Å². The first-order valence-corrected chi connectivity index (χ1v) is 7.46. The van der Waals surface area contributed by atoms with Gasteiger partial charge in [0.2, 0.25) is 0 Å². The van der Waals surface area contributed by atoms with E-state index in [0.29, 0.717) is 19.8 Å². The van der Waals surface area contributed by atoms with Gasteiger partial charge in [-0.25, -0.2) is 0 Å². The number of aliphatic hydroxyl groups excluding tert-OH is 1. The molecule has 1 atom stereocenters. The van der Waals surface area contributed by atoms with E-state index in [9.17, 15) is 0 Å². The Morgan fingerprint density at radius 1 is 1.10 bits per heavy atom. The zero-order valence-electron chi connectivity index (χ0n) is 12.8. The van der Waals surface area contributed by atoms with Gasteiger partial charge in [-0.3, -0.25) is 0 Å². The molecule has 0 heterocycles. The summed E-state index contributed by atoms with van der Waals surface area (Å²) in [6.07, 6.45) is 1.94. The highest BCUT2D eigenvalue weighted by Gasteiger charge is 2.10. The molecule has 0 fully saturated rings. The molecule has 1 rings (SSSR count). The molecule has 0 aliphatic rings. The summed E-state index contributed by atoms with van der Waals surface area (Å²) in [5, 5.41) is 12.1. The first-order chi connectivity index (χ1) is 9.72. The fourth-order valence-electron chi connectivity index (χ4n) is 1.85. The van der Waals surface area contributed by atoms with Crippen molar-refractivity contribution in [1.29, 1.82) is 0 Å². The predicted molar refractivity (Wildman–Crippen MR) is 81.5 cm³/mol. The van der Waals surface area contributed by atoms with E-state index in [1.165, 1.54) is 0 Å². The van der Waals surface area contributed by atoms with E-state index < -0.39 is 0 Å². The van der Waals surface area contributed by atoms with Crippen LogP contribution in [0.5, 0.6) is 11.5 Å². The van der Waals surface area contributed by atoms with Crippen molar-refractivity contribution in [2.45, 2.75) is 39.7 Å². The average Bonchev–Trinajstić information content (AvgIpc) is 2.48. The van der Waals surface area contributed by atoms with Crippen LogP contribution >= 0.6 is 0 Å². The second-order valence-electron chi connectivity index (χ2n) is 4.80. The second kappa shape index (κ2) is 9.61. The molecule has 0 saturated carbocycles. The smallest absolute Gasteiger partial charge is 0.161 e. The molecule has 1 unspecified atom stereocenters. The summed E-state index contributed by atoms with van der Waals surface area (Å²) in [5.41, 5.74) is 1.13. The standard InChI is InChI=1S/C16H27NO3/c1-4-10-19-15-7-6-14(13(3)17-8-9-18)12-16(15)20-11-5-2/h6-7,12-13,17-18H,4-5,8-11H2,1-3H3. The minimum atomic E-state index is 0.140. The third-order valence-electron chi connectivity index (χ3n) is 2.95.